The highest BCUT2D eigenvalue weighted by Crippen LogP contribution is 2.25. The molecule has 0 aliphatic rings. The average Bonchev–Trinajstić information content (AvgIpc) is 2.79. The zero-order chi connectivity index (χ0) is 25.5. The number of nitrogens with one attached hydrogen (secondary N) is 1. The van der Waals surface area contributed by atoms with Gasteiger partial charge in [0.1, 0.15) is 12.6 Å². The minimum absolute atomic E-state index is 0.280. The Kier molecular flexibility index (Phi) is 9.64. The molecule has 0 heterocycles. The number of benzene rings is 2. The van der Waals surface area contributed by atoms with E-state index in [0.717, 1.165) is 25.3 Å². The molecule has 2 aromatic carbocycles. The quantitative estimate of drug-likeness (QED) is 0.526. The number of likely N-dealkylation sites (N-methyl/N-ethyl adjacent to an activating group) is 1. The minimum Gasteiger partial charge on any atom is -0.355 e. The number of anilines is 1. The van der Waals surface area contributed by atoms with Gasteiger partial charge in [-0.3, -0.25) is 9.59 Å². The fraction of sp³-hybridized carbons (Fsp3) is 0.440. The van der Waals surface area contributed by atoms with Crippen molar-refractivity contribution < 1.29 is 18.0 Å². The summed E-state index contributed by atoms with van der Waals surface area (Å²) in [7, 11) is -1.10. The summed E-state index contributed by atoms with van der Waals surface area (Å²) < 4.78 is 28.7. The van der Waals surface area contributed by atoms with Crippen LogP contribution >= 0.6 is 0 Å². The molecular weight excluding hydrogens is 452 g/mol. The number of carbonyl (C=O) groups excluding carboxylic acids is 2. The largest absolute Gasteiger partial charge is 0.355 e. The van der Waals surface area contributed by atoms with E-state index >= 15 is 0 Å². The molecule has 0 fully saturated rings. The van der Waals surface area contributed by atoms with Crippen molar-refractivity contribution >= 4 is 27.7 Å². The Morgan fingerprint density at radius 3 is 2.26 bits per heavy atom. The lowest BCUT2D eigenvalue weighted by Crippen LogP contribution is -2.53. The van der Waals surface area contributed by atoms with Crippen LogP contribution in [0, 0.1) is 13.8 Å². The second-order valence-electron chi connectivity index (χ2n) is 8.48. The maximum absolute atomic E-state index is 13.6. The van der Waals surface area contributed by atoms with Gasteiger partial charge in [-0.25, -0.2) is 4.31 Å². The van der Waals surface area contributed by atoms with Gasteiger partial charge in [-0.2, -0.15) is 12.7 Å². The van der Waals surface area contributed by atoms with Crippen molar-refractivity contribution in [3.63, 3.8) is 0 Å². The highest BCUT2D eigenvalue weighted by Gasteiger charge is 2.32. The van der Waals surface area contributed by atoms with Crippen LogP contribution in [-0.2, 0) is 26.2 Å². The van der Waals surface area contributed by atoms with Gasteiger partial charge >= 0.3 is 10.2 Å². The molecule has 1 N–H and O–H groups in total. The Morgan fingerprint density at radius 1 is 1.03 bits per heavy atom. The van der Waals surface area contributed by atoms with E-state index in [-0.39, 0.29) is 12.5 Å². The summed E-state index contributed by atoms with van der Waals surface area (Å²) in [5.41, 5.74) is 3.08. The van der Waals surface area contributed by atoms with Gasteiger partial charge in [-0.1, -0.05) is 42.5 Å². The minimum atomic E-state index is -3.96. The van der Waals surface area contributed by atoms with Gasteiger partial charge in [0.25, 0.3) is 0 Å². The maximum atomic E-state index is 13.6. The van der Waals surface area contributed by atoms with Gasteiger partial charge < -0.3 is 10.2 Å². The molecule has 186 valence electrons. The Morgan fingerprint density at radius 2 is 1.68 bits per heavy atom. The highest BCUT2D eigenvalue weighted by atomic mass is 32.2. The fourth-order valence-corrected chi connectivity index (χ4v) is 4.70. The Bertz CT molecular complexity index is 1090. The van der Waals surface area contributed by atoms with Gasteiger partial charge in [0.2, 0.25) is 11.8 Å². The summed E-state index contributed by atoms with van der Waals surface area (Å²) in [6, 6.07) is 14.4. The van der Waals surface area contributed by atoms with Gasteiger partial charge in [0.05, 0.1) is 5.69 Å². The molecule has 0 radical (unpaired) electrons. The van der Waals surface area contributed by atoms with Crippen LogP contribution in [0.4, 0.5) is 5.69 Å². The number of hydrogen-bond acceptors (Lipinski definition) is 4. The third-order valence-corrected chi connectivity index (χ3v) is 7.46. The third kappa shape index (κ3) is 6.80. The number of carbonyl (C=O) groups is 2. The Labute approximate surface area is 203 Å². The van der Waals surface area contributed by atoms with E-state index in [1.165, 1.54) is 19.0 Å². The van der Waals surface area contributed by atoms with E-state index in [4.69, 9.17) is 0 Å². The van der Waals surface area contributed by atoms with Crippen LogP contribution in [0.3, 0.4) is 0 Å². The lowest BCUT2D eigenvalue weighted by Gasteiger charge is -2.33. The molecule has 0 saturated heterocycles. The van der Waals surface area contributed by atoms with E-state index in [1.807, 2.05) is 63.2 Å². The first kappa shape index (κ1) is 27.3. The van der Waals surface area contributed by atoms with Crippen LogP contribution in [-0.4, -0.2) is 69.2 Å². The molecule has 34 heavy (non-hydrogen) atoms. The second kappa shape index (κ2) is 12.0. The standard InChI is InChI=1S/C25H36N4O4S/c1-7-26-25(31)21(4)28(16-15-22-11-9-8-10-12-22)24(30)18-29(34(32,33)27(5)6)23-17-19(2)13-14-20(23)3/h8-14,17,21H,7,15-16,18H2,1-6H3,(H,26,31). The van der Waals surface area contributed by atoms with Gasteiger partial charge in [0, 0.05) is 27.2 Å². The predicted octanol–water partition coefficient (Wildman–Crippen LogP) is 2.51. The van der Waals surface area contributed by atoms with Crippen LogP contribution in [0.2, 0.25) is 0 Å². The third-order valence-electron chi connectivity index (χ3n) is 5.65. The molecule has 0 bridgehead atoms. The summed E-state index contributed by atoms with van der Waals surface area (Å²) in [5, 5.41) is 2.76. The van der Waals surface area contributed by atoms with Gasteiger partial charge in [0.15, 0.2) is 0 Å². The molecule has 2 amide bonds. The molecule has 1 unspecified atom stereocenters. The monoisotopic (exact) mass is 488 g/mol. The molecule has 0 aliphatic carbocycles. The molecule has 9 heteroatoms. The fourth-order valence-electron chi connectivity index (χ4n) is 3.58. The van der Waals surface area contributed by atoms with Crippen LogP contribution in [0.5, 0.6) is 0 Å². The number of rotatable bonds is 11. The van der Waals surface area contributed by atoms with E-state index in [9.17, 15) is 18.0 Å². The summed E-state index contributed by atoms with van der Waals surface area (Å²) in [6.07, 6.45) is 0.542. The van der Waals surface area contributed by atoms with Crippen molar-refractivity contribution in [3.05, 3.63) is 65.2 Å². The topological polar surface area (TPSA) is 90.0 Å². The van der Waals surface area contributed by atoms with Gasteiger partial charge in [-0.05, 0) is 56.9 Å². The number of hydrogen-bond donors (Lipinski definition) is 1. The van der Waals surface area contributed by atoms with Crippen molar-refractivity contribution in [2.75, 3.05) is 38.0 Å². The summed E-state index contributed by atoms with van der Waals surface area (Å²) in [4.78, 5) is 27.7. The van der Waals surface area contributed by atoms with Crippen molar-refractivity contribution in [2.24, 2.45) is 0 Å². The Balaban J connectivity index is 2.42. The van der Waals surface area contributed by atoms with Crippen molar-refractivity contribution in [1.82, 2.24) is 14.5 Å². The smallest absolute Gasteiger partial charge is 0.304 e. The second-order valence-corrected chi connectivity index (χ2v) is 10.5. The lowest BCUT2D eigenvalue weighted by atomic mass is 10.1. The van der Waals surface area contributed by atoms with Crippen molar-refractivity contribution in [1.29, 1.82) is 0 Å². The lowest BCUT2D eigenvalue weighted by molar-refractivity contribution is -0.138. The molecular formula is C25H36N4O4S. The van der Waals surface area contributed by atoms with E-state index in [1.54, 1.807) is 13.0 Å². The predicted molar refractivity (Wildman–Crippen MR) is 136 cm³/mol. The molecule has 0 saturated carbocycles. The first-order chi connectivity index (χ1) is 16.0. The van der Waals surface area contributed by atoms with E-state index in [0.29, 0.717) is 18.7 Å². The molecule has 8 nitrogen and oxygen atoms in total. The van der Waals surface area contributed by atoms with E-state index in [2.05, 4.69) is 5.32 Å². The molecule has 2 rings (SSSR count). The maximum Gasteiger partial charge on any atom is 0.304 e. The number of nitrogens with zero attached hydrogens (tertiary/aromatic N) is 3. The summed E-state index contributed by atoms with van der Waals surface area (Å²) in [6.45, 7) is 7.46. The van der Waals surface area contributed by atoms with Crippen LogP contribution < -0.4 is 9.62 Å². The molecule has 0 aliphatic heterocycles. The summed E-state index contributed by atoms with van der Waals surface area (Å²) >= 11 is 0. The Hall–Kier alpha value is -2.91. The normalized spacial score (nSPS) is 12.3. The van der Waals surface area contributed by atoms with E-state index < -0.39 is 28.7 Å². The molecule has 0 spiro atoms. The molecule has 0 aromatic heterocycles. The molecule has 2 aromatic rings. The zero-order valence-electron chi connectivity index (χ0n) is 20.9. The van der Waals surface area contributed by atoms with Crippen molar-refractivity contribution in [3.8, 4) is 0 Å². The van der Waals surface area contributed by atoms with Gasteiger partial charge in [-0.15, -0.1) is 0 Å². The summed E-state index contributed by atoms with van der Waals surface area (Å²) in [5.74, 6) is -0.723. The number of amides is 2. The molecule has 1 atom stereocenters. The first-order valence-corrected chi connectivity index (χ1v) is 12.8. The number of aryl methyl sites for hydroxylation is 2. The highest BCUT2D eigenvalue weighted by molar-refractivity contribution is 7.90. The average molecular weight is 489 g/mol. The zero-order valence-corrected chi connectivity index (χ0v) is 21.7. The van der Waals surface area contributed by atoms with Crippen LogP contribution in [0.1, 0.15) is 30.5 Å². The SMILES string of the molecule is CCNC(=O)C(C)N(CCc1ccccc1)C(=O)CN(c1cc(C)ccc1C)S(=O)(=O)N(C)C. The van der Waals surface area contributed by atoms with Crippen molar-refractivity contribution in [2.45, 2.75) is 40.2 Å². The van der Waals surface area contributed by atoms with Crippen LogP contribution in [0.15, 0.2) is 48.5 Å². The first-order valence-electron chi connectivity index (χ1n) is 11.4. The van der Waals surface area contributed by atoms with Crippen LogP contribution in [0.25, 0.3) is 0 Å².